The number of aromatic nitrogens is 1. The van der Waals surface area contributed by atoms with E-state index in [1.165, 1.54) is 0 Å². The molecule has 1 aliphatic heterocycles. The minimum Gasteiger partial charge on any atom is -0.356 e. The fourth-order valence-electron chi connectivity index (χ4n) is 3.61. The zero-order valence-corrected chi connectivity index (χ0v) is 16.7. The lowest BCUT2D eigenvalue weighted by Crippen LogP contribution is -2.54. The lowest BCUT2D eigenvalue weighted by molar-refractivity contribution is -0.167. The van der Waals surface area contributed by atoms with Crippen LogP contribution in [-0.2, 0) is 20.9 Å². The summed E-state index contributed by atoms with van der Waals surface area (Å²) < 4.78 is 5.81. The van der Waals surface area contributed by atoms with Crippen molar-refractivity contribution in [2.45, 2.75) is 39.0 Å². The molecule has 0 bridgehead atoms. The minimum atomic E-state index is -0.737. The van der Waals surface area contributed by atoms with Gasteiger partial charge < -0.3 is 14.5 Å². The Hall–Kier alpha value is -2.73. The first-order valence-electron chi connectivity index (χ1n) is 9.64. The second kappa shape index (κ2) is 8.97. The Morgan fingerprint density at radius 3 is 2.68 bits per heavy atom. The molecule has 0 spiro atoms. The molecule has 0 N–H and O–H groups in total. The predicted octanol–water partition coefficient (Wildman–Crippen LogP) is 2.73. The second-order valence-electron chi connectivity index (χ2n) is 7.12. The maximum Gasteiger partial charge on any atom is 0.254 e. The third-order valence-electron chi connectivity index (χ3n) is 5.12. The largest absolute Gasteiger partial charge is 0.356 e. The van der Waals surface area contributed by atoms with Crippen LogP contribution in [0.2, 0.25) is 0 Å². The Morgan fingerprint density at radius 2 is 2.00 bits per heavy atom. The Bertz CT molecular complexity index is 825. The van der Waals surface area contributed by atoms with Crippen LogP contribution >= 0.6 is 0 Å². The molecule has 1 aliphatic rings. The molecule has 1 saturated heterocycles. The van der Waals surface area contributed by atoms with Gasteiger partial charge in [-0.1, -0.05) is 37.3 Å². The van der Waals surface area contributed by atoms with Crippen molar-refractivity contribution < 1.29 is 14.3 Å². The van der Waals surface area contributed by atoms with E-state index >= 15 is 0 Å². The van der Waals surface area contributed by atoms with E-state index in [4.69, 9.17) is 4.74 Å². The number of carbonyl (C=O) groups is 2. The summed E-state index contributed by atoms with van der Waals surface area (Å²) in [6.07, 6.45) is 1.82. The van der Waals surface area contributed by atoms with E-state index < -0.39 is 12.1 Å². The SMILES string of the molecule is CCCN(Cc1ccccn1)C(=O)[C@H]1OCC(=O)N(C)[C@@H]1c1ccccc1C. The number of amides is 2. The third kappa shape index (κ3) is 4.22. The highest BCUT2D eigenvalue weighted by Gasteiger charge is 2.42. The van der Waals surface area contributed by atoms with Crippen molar-refractivity contribution in [2.75, 3.05) is 20.2 Å². The van der Waals surface area contributed by atoms with Gasteiger partial charge in [-0.3, -0.25) is 14.6 Å². The summed E-state index contributed by atoms with van der Waals surface area (Å²) in [5.41, 5.74) is 2.80. The number of rotatable bonds is 6. The zero-order valence-electron chi connectivity index (χ0n) is 16.7. The van der Waals surface area contributed by atoms with Gasteiger partial charge in [0.2, 0.25) is 5.91 Å². The molecule has 0 unspecified atom stereocenters. The van der Waals surface area contributed by atoms with E-state index in [1.807, 2.05) is 56.3 Å². The van der Waals surface area contributed by atoms with Crippen molar-refractivity contribution in [3.63, 3.8) is 0 Å². The first-order valence-corrected chi connectivity index (χ1v) is 9.64. The first kappa shape index (κ1) is 20.0. The van der Waals surface area contributed by atoms with E-state index in [0.29, 0.717) is 13.1 Å². The van der Waals surface area contributed by atoms with Crippen LogP contribution < -0.4 is 0 Å². The van der Waals surface area contributed by atoms with Crippen LogP contribution in [0.3, 0.4) is 0 Å². The molecular weight excluding hydrogens is 354 g/mol. The normalized spacial score (nSPS) is 19.5. The van der Waals surface area contributed by atoms with Gasteiger partial charge in [-0.2, -0.15) is 0 Å². The fourth-order valence-corrected chi connectivity index (χ4v) is 3.61. The van der Waals surface area contributed by atoms with Gasteiger partial charge in [-0.05, 0) is 36.6 Å². The summed E-state index contributed by atoms with van der Waals surface area (Å²) in [5, 5.41) is 0. The number of nitrogens with zero attached hydrogens (tertiary/aromatic N) is 3. The van der Waals surface area contributed by atoms with E-state index in [1.54, 1.807) is 23.0 Å². The minimum absolute atomic E-state index is 0.0845. The molecule has 2 amide bonds. The Morgan fingerprint density at radius 1 is 1.25 bits per heavy atom. The van der Waals surface area contributed by atoms with Gasteiger partial charge in [-0.15, -0.1) is 0 Å². The summed E-state index contributed by atoms with van der Waals surface area (Å²) in [6, 6.07) is 13.1. The lowest BCUT2D eigenvalue weighted by Gasteiger charge is -2.40. The fraction of sp³-hybridized carbons (Fsp3) is 0.409. The van der Waals surface area contributed by atoms with Crippen molar-refractivity contribution >= 4 is 11.8 Å². The average molecular weight is 381 g/mol. The van der Waals surface area contributed by atoms with Crippen LogP contribution in [0.15, 0.2) is 48.7 Å². The topological polar surface area (TPSA) is 62.7 Å². The number of hydrogen-bond acceptors (Lipinski definition) is 4. The molecule has 2 aromatic rings. The molecule has 0 radical (unpaired) electrons. The predicted molar refractivity (Wildman–Crippen MR) is 106 cm³/mol. The number of hydrogen-bond donors (Lipinski definition) is 0. The van der Waals surface area contributed by atoms with Crippen LogP contribution in [-0.4, -0.2) is 52.9 Å². The van der Waals surface area contributed by atoms with Crippen molar-refractivity contribution in [3.05, 3.63) is 65.5 Å². The number of ether oxygens (including phenoxy) is 1. The summed E-state index contributed by atoms with van der Waals surface area (Å²) in [5.74, 6) is -0.232. The van der Waals surface area contributed by atoms with Crippen LogP contribution in [0.5, 0.6) is 0 Å². The van der Waals surface area contributed by atoms with Crippen molar-refractivity contribution in [1.82, 2.24) is 14.8 Å². The molecule has 1 fully saturated rings. The highest BCUT2D eigenvalue weighted by atomic mass is 16.5. The number of morpholine rings is 1. The van der Waals surface area contributed by atoms with E-state index in [-0.39, 0.29) is 18.4 Å². The monoisotopic (exact) mass is 381 g/mol. The van der Waals surface area contributed by atoms with Gasteiger partial charge >= 0.3 is 0 Å². The molecule has 6 nitrogen and oxygen atoms in total. The van der Waals surface area contributed by atoms with Gasteiger partial charge in [0.1, 0.15) is 6.61 Å². The Kier molecular flexibility index (Phi) is 6.41. The zero-order chi connectivity index (χ0) is 20.1. The molecule has 0 aliphatic carbocycles. The molecular formula is C22H27N3O3. The summed E-state index contributed by atoms with van der Waals surface area (Å²) >= 11 is 0. The molecule has 148 valence electrons. The standard InChI is InChI=1S/C22H27N3O3/c1-4-13-25(14-17-10-7-8-12-23-17)22(27)21-20(24(3)19(26)15-28-21)18-11-6-5-9-16(18)2/h5-12,20-21H,4,13-15H2,1-3H3/t20-,21+/m1/s1. The van der Waals surface area contributed by atoms with Gasteiger partial charge in [0.25, 0.3) is 5.91 Å². The molecule has 3 rings (SSSR count). The summed E-state index contributed by atoms with van der Waals surface area (Å²) in [4.78, 5) is 33.6. The molecule has 28 heavy (non-hydrogen) atoms. The second-order valence-corrected chi connectivity index (χ2v) is 7.12. The number of aryl methyl sites for hydroxylation is 1. The Balaban J connectivity index is 1.91. The maximum absolute atomic E-state index is 13.5. The van der Waals surface area contributed by atoms with Crippen LogP contribution in [0.25, 0.3) is 0 Å². The van der Waals surface area contributed by atoms with Crippen LogP contribution in [0.1, 0.15) is 36.2 Å². The smallest absolute Gasteiger partial charge is 0.254 e. The third-order valence-corrected chi connectivity index (χ3v) is 5.12. The molecule has 0 saturated carbocycles. The van der Waals surface area contributed by atoms with Crippen LogP contribution in [0.4, 0.5) is 0 Å². The van der Waals surface area contributed by atoms with Gasteiger partial charge in [0, 0.05) is 19.8 Å². The van der Waals surface area contributed by atoms with Gasteiger partial charge in [-0.25, -0.2) is 0 Å². The lowest BCUT2D eigenvalue weighted by atomic mass is 9.93. The highest BCUT2D eigenvalue weighted by molar-refractivity contribution is 5.86. The van der Waals surface area contributed by atoms with E-state index in [0.717, 1.165) is 23.2 Å². The molecule has 1 aromatic heterocycles. The summed E-state index contributed by atoms with van der Waals surface area (Å²) in [7, 11) is 1.74. The van der Waals surface area contributed by atoms with E-state index in [2.05, 4.69) is 4.98 Å². The number of benzene rings is 1. The molecule has 1 aromatic carbocycles. The number of likely N-dealkylation sites (N-methyl/N-ethyl adjacent to an activating group) is 1. The average Bonchev–Trinajstić information content (AvgIpc) is 2.71. The quantitative estimate of drug-likeness (QED) is 0.772. The Labute approximate surface area is 166 Å². The highest BCUT2D eigenvalue weighted by Crippen LogP contribution is 2.32. The van der Waals surface area contributed by atoms with Gasteiger partial charge in [0.05, 0.1) is 18.3 Å². The molecule has 2 heterocycles. The van der Waals surface area contributed by atoms with Crippen molar-refractivity contribution in [1.29, 1.82) is 0 Å². The maximum atomic E-state index is 13.5. The number of pyridine rings is 1. The van der Waals surface area contributed by atoms with Crippen LogP contribution in [0, 0.1) is 6.92 Å². The number of carbonyl (C=O) groups excluding carboxylic acids is 2. The van der Waals surface area contributed by atoms with E-state index in [9.17, 15) is 9.59 Å². The van der Waals surface area contributed by atoms with Crippen molar-refractivity contribution in [3.8, 4) is 0 Å². The summed E-state index contributed by atoms with van der Waals surface area (Å²) in [6.45, 7) is 4.97. The van der Waals surface area contributed by atoms with Crippen molar-refractivity contribution in [2.24, 2.45) is 0 Å². The first-order chi connectivity index (χ1) is 13.5. The molecule has 2 atom stereocenters. The van der Waals surface area contributed by atoms with Gasteiger partial charge in [0.15, 0.2) is 6.10 Å². The molecule has 6 heteroatoms.